The van der Waals surface area contributed by atoms with E-state index in [2.05, 4.69) is 124 Å². The lowest BCUT2D eigenvalue weighted by atomic mass is 10.1. The molecule has 0 radical (unpaired) electrons. The molecule has 1 saturated heterocycles. The molecule has 2 N–H and O–H groups in total. The van der Waals surface area contributed by atoms with Gasteiger partial charge in [0.15, 0.2) is 37.0 Å². The molecule has 49 heavy (non-hydrogen) atoms. The van der Waals surface area contributed by atoms with Gasteiger partial charge in [-0.1, -0.05) is 94.9 Å². The second-order valence-corrected chi connectivity index (χ2v) is 32.5. The molecule has 4 atom stereocenters. The zero-order chi connectivity index (χ0) is 37.6. The third-order valence-corrected chi connectivity index (χ3v) is 24.5. The summed E-state index contributed by atoms with van der Waals surface area (Å²) in [6.07, 6.45) is 4.09. The molecule has 1 aromatic rings. The average molecular weight is 743 g/mol. The van der Waals surface area contributed by atoms with E-state index in [0.717, 1.165) is 19.3 Å². The molecule has 0 spiro atoms. The number of ether oxygens (including phenoxy) is 1. The van der Waals surface area contributed by atoms with E-state index < -0.39 is 61.3 Å². The first-order chi connectivity index (χ1) is 22.2. The second-order valence-electron chi connectivity index (χ2n) is 18.2. The summed E-state index contributed by atoms with van der Waals surface area (Å²) in [7, 11) is -6.87. The highest BCUT2D eigenvalue weighted by Gasteiger charge is 2.55. The number of carbonyl (C=O) groups is 1. The molecule has 14 heteroatoms. The fraction of sp³-hybridized carbons (Fsp3) is 0.857. The van der Waals surface area contributed by atoms with Crippen LogP contribution in [0, 0.1) is 0 Å². The molecule has 2 rings (SSSR count). The topological polar surface area (TPSA) is 122 Å². The Balaban J connectivity index is 2.44. The Labute approximate surface area is 300 Å². The summed E-state index contributed by atoms with van der Waals surface area (Å²) in [4.78, 5) is 35.2. The Bertz CT molecular complexity index is 1270. The van der Waals surface area contributed by atoms with Crippen LogP contribution in [0.4, 0.5) is 10.6 Å². The maximum atomic E-state index is 13.7. The van der Waals surface area contributed by atoms with Crippen molar-refractivity contribution < 1.29 is 27.6 Å². The molecular weight excluding hydrogens is 673 g/mol. The molecule has 284 valence electrons. The van der Waals surface area contributed by atoms with Gasteiger partial charge in [0.05, 0.1) is 6.61 Å². The van der Waals surface area contributed by atoms with E-state index in [1.165, 1.54) is 17.4 Å². The van der Waals surface area contributed by atoms with E-state index in [-0.39, 0.29) is 20.9 Å². The largest absolute Gasteiger partial charge is 0.431 e. The predicted molar refractivity (Wildman–Crippen MR) is 207 cm³/mol. The van der Waals surface area contributed by atoms with Crippen molar-refractivity contribution in [2.45, 2.75) is 180 Å². The summed E-state index contributed by atoms with van der Waals surface area (Å²) in [5.74, 6) is 0.117. The van der Waals surface area contributed by atoms with E-state index in [4.69, 9.17) is 22.9 Å². The normalized spacial score (nSPS) is 21.1. The minimum atomic E-state index is -2.39. The van der Waals surface area contributed by atoms with Crippen molar-refractivity contribution in [1.29, 1.82) is 0 Å². The van der Waals surface area contributed by atoms with Crippen molar-refractivity contribution in [3.8, 4) is 0 Å². The molecule has 1 aromatic heterocycles. The van der Waals surface area contributed by atoms with Crippen LogP contribution in [0.5, 0.6) is 0 Å². The quantitative estimate of drug-likeness (QED) is 0.0971. The fourth-order valence-electron chi connectivity index (χ4n) is 4.59. The van der Waals surface area contributed by atoms with Gasteiger partial charge in [-0.15, -0.1) is 0 Å². The second kappa shape index (κ2) is 16.8. The Hall–Kier alpha value is -1.56. The van der Waals surface area contributed by atoms with E-state index in [1.807, 2.05) is 0 Å². The third-order valence-electron chi connectivity index (χ3n) is 11.1. The van der Waals surface area contributed by atoms with Crippen molar-refractivity contribution in [2.75, 3.05) is 18.6 Å². The van der Waals surface area contributed by atoms with Gasteiger partial charge in [0, 0.05) is 18.8 Å². The van der Waals surface area contributed by atoms with Gasteiger partial charge >= 0.3 is 11.8 Å². The van der Waals surface area contributed by atoms with Gasteiger partial charge in [0.2, 0.25) is 0 Å². The number of anilines is 1. The molecule has 0 aliphatic carbocycles. The zero-order valence-electron chi connectivity index (χ0n) is 33.7. The van der Waals surface area contributed by atoms with E-state index in [0.29, 0.717) is 13.2 Å². The molecule has 1 fully saturated rings. The van der Waals surface area contributed by atoms with Crippen LogP contribution in [0.3, 0.4) is 0 Å². The smallest absolute Gasteiger partial charge is 0.414 e. The molecule has 1 aliphatic heterocycles. The van der Waals surface area contributed by atoms with E-state index in [9.17, 15) is 9.59 Å². The molecule has 11 nitrogen and oxygen atoms in total. The highest BCUT2D eigenvalue weighted by molar-refractivity contribution is 6.75. The highest BCUT2D eigenvalue weighted by atomic mass is 28.4. The van der Waals surface area contributed by atoms with Crippen LogP contribution in [0.15, 0.2) is 17.1 Å². The van der Waals surface area contributed by atoms with Crippen LogP contribution in [0.2, 0.25) is 54.4 Å². The maximum Gasteiger partial charge on any atom is 0.431 e. The minimum Gasteiger partial charge on any atom is -0.414 e. The number of unbranched alkanes of at least 4 members (excludes halogenated alkanes) is 4. The van der Waals surface area contributed by atoms with Crippen molar-refractivity contribution >= 4 is 36.9 Å². The molecule has 1 aliphatic rings. The van der Waals surface area contributed by atoms with Gasteiger partial charge in [-0.3, -0.25) is 4.57 Å². The Kier molecular flexibility index (Phi) is 15.0. The van der Waals surface area contributed by atoms with Gasteiger partial charge < -0.3 is 28.2 Å². The molecule has 0 aromatic carbocycles. The standard InChI is InChI=1S/C35H70N4O7Si3/c1-17-18-19-20-21-23-36-32(41)44-38-27-22-24-39(31(40)37-27)30-29(46-49(15,16)35(8,9)10)28(45-48(13,14)34(5,6)7)26(43-30)25-42-47(11,12)33(2,3)4/h22,24,26,28-30H,17-21,23,25H2,1-16H3,(H,36,41)(H,37,38,40)/t26-,28?,29?,30-/m1/s1. The third kappa shape index (κ3) is 12.0. The molecule has 2 unspecified atom stereocenters. The first-order valence-corrected chi connectivity index (χ1v) is 26.9. The van der Waals surface area contributed by atoms with Crippen LogP contribution in [-0.2, 0) is 22.9 Å². The summed E-state index contributed by atoms with van der Waals surface area (Å²) in [5.41, 5.74) is 1.95. The molecule has 0 bridgehead atoms. The molecular formula is C35H70N4O7Si3. The maximum absolute atomic E-state index is 13.7. The van der Waals surface area contributed by atoms with Crippen LogP contribution < -0.4 is 16.5 Å². The molecule has 0 saturated carbocycles. The van der Waals surface area contributed by atoms with Crippen molar-refractivity contribution in [1.82, 2.24) is 14.9 Å². The van der Waals surface area contributed by atoms with Gasteiger partial charge in [-0.25, -0.2) is 9.59 Å². The number of hydrogen-bond donors (Lipinski definition) is 2. The summed E-state index contributed by atoms with van der Waals surface area (Å²) >= 11 is 0. The average Bonchev–Trinajstić information content (AvgIpc) is 3.26. The van der Waals surface area contributed by atoms with Gasteiger partial charge in [0.25, 0.3) is 0 Å². The summed E-state index contributed by atoms with van der Waals surface area (Å²) in [6, 6.07) is 1.59. The van der Waals surface area contributed by atoms with E-state index in [1.54, 1.807) is 12.3 Å². The van der Waals surface area contributed by atoms with Crippen LogP contribution in [0.1, 0.15) is 108 Å². The monoisotopic (exact) mass is 742 g/mol. The van der Waals surface area contributed by atoms with Crippen molar-refractivity contribution in [2.24, 2.45) is 0 Å². The summed E-state index contributed by atoms with van der Waals surface area (Å²) < 4.78 is 29.3. The van der Waals surface area contributed by atoms with Crippen LogP contribution >= 0.6 is 0 Å². The Morgan fingerprint density at radius 1 is 0.837 bits per heavy atom. The first kappa shape index (κ1) is 43.6. The number of nitrogens with one attached hydrogen (secondary N) is 2. The Morgan fingerprint density at radius 2 is 1.37 bits per heavy atom. The number of aromatic nitrogens is 2. The number of hydrogen-bond acceptors (Lipinski definition) is 9. The van der Waals surface area contributed by atoms with Gasteiger partial charge in [0.1, 0.15) is 18.3 Å². The van der Waals surface area contributed by atoms with Gasteiger partial charge in [-0.2, -0.15) is 10.5 Å². The number of amides is 1. The van der Waals surface area contributed by atoms with Crippen LogP contribution in [0.25, 0.3) is 0 Å². The number of carbonyl (C=O) groups excluding carboxylic acids is 1. The lowest BCUT2D eigenvalue weighted by molar-refractivity contribution is -0.0509. The van der Waals surface area contributed by atoms with Crippen molar-refractivity contribution in [3.63, 3.8) is 0 Å². The molecule has 2 heterocycles. The highest BCUT2D eigenvalue weighted by Crippen LogP contribution is 2.46. The fourth-order valence-corrected chi connectivity index (χ4v) is 8.21. The first-order valence-electron chi connectivity index (χ1n) is 18.2. The minimum absolute atomic E-state index is 0.00905. The Morgan fingerprint density at radius 3 is 1.88 bits per heavy atom. The van der Waals surface area contributed by atoms with Crippen molar-refractivity contribution in [3.05, 3.63) is 22.7 Å². The number of nitrogens with zero attached hydrogens (tertiary/aromatic N) is 2. The lowest BCUT2D eigenvalue weighted by Gasteiger charge is -2.44. The van der Waals surface area contributed by atoms with Gasteiger partial charge in [-0.05, 0) is 60.8 Å². The van der Waals surface area contributed by atoms with E-state index >= 15 is 0 Å². The number of rotatable bonds is 16. The zero-order valence-corrected chi connectivity index (χ0v) is 36.7. The predicted octanol–water partition coefficient (Wildman–Crippen LogP) is 8.97. The summed E-state index contributed by atoms with van der Waals surface area (Å²) in [6.45, 7) is 36.2. The van der Waals surface area contributed by atoms with Crippen LogP contribution in [-0.4, -0.2) is 72.1 Å². The SMILES string of the molecule is CCCCCCCNC(=O)ONc1ccn([C@@H]2O[C@H](CO[Si](C)(C)C(C)(C)C)C(O[Si](C)(C)C(C)(C)C)C2O[Si](C)(C)C(C)(C)C)c(=O)n1. The lowest BCUT2D eigenvalue weighted by Crippen LogP contribution is -2.54. The molecule has 1 amide bonds. The summed E-state index contributed by atoms with van der Waals surface area (Å²) in [5, 5.41) is 2.57.